The number of aromatic hydroxyl groups is 2. The van der Waals surface area contributed by atoms with Gasteiger partial charge in [-0.1, -0.05) is 153 Å². The third-order valence-electron chi connectivity index (χ3n) is 11.7. The summed E-state index contributed by atoms with van der Waals surface area (Å²) in [6.45, 7) is 0. The molecule has 11 rings (SSSR count). The Labute approximate surface area is 411 Å². The van der Waals surface area contributed by atoms with Crippen LogP contribution < -0.4 is 15.9 Å². The normalized spacial score (nSPS) is 11.8. The Morgan fingerprint density at radius 1 is 0.262 bits per heavy atom. The minimum Gasteiger partial charge on any atom is -0.507 e. The third-order valence-corrected chi connectivity index (χ3v) is 24.0. The first-order valence-corrected chi connectivity index (χ1v) is 28.9. The van der Waals surface area contributed by atoms with Crippen LogP contribution in [0, 0.1) is 0 Å². The van der Waals surface area contributed by atoms with Crippen molar-refractivity contribution < 1.29 is 10.2 Å². The van der Waals surface area contributed by atoms with Gasteiger partial charge < -0.3 is 10.2 Å². The van der Waals surface area contributed by atoms with Crippen LogP contribution in [0.3, 0.4) is 0 Å². The van der Waals surface area contributed by atoms with Gasteiger partial charge in [-0.25, -0.2) is 0 Å². The maximum atomic E-state index is 10.4. The molecular weight excluding hydrogens is 1080 g/mol. The van der Waals surface area contributed by atoms with Crippen LogP contribution in [0.25, 0.3) is 65.3 Å². The Kier molecular flexibility index (Phi) is 13.1. The second kappa shape index (κ2) is 19.1. The molecule has 318 valence electrons. The van der Waals surface area contributed by atoms with Crippen LogP contribution in [-0.2, 0) is 0 Å². The first-order chi connectivity index (χ1) is 31.6. The standard InChI is InChI=1S/C20H12Br2.C20H14O2.C18H15Br2P/c2*21-17-11-9-13-5-1-3-7-15(13)19(17)20-16-8-4-2-6-14(16)10-12-18(20)22;19-21(20,16-10-4-1-5-11-16,17-12-6-2-7-13-17)18-14-8-3-9-15-18/h1-12H;1-12,21-22H;1-15H. The Bertz CT molecular complexity index is 3040. The van der Waals surface area contributed by atoms with Crippen LogP contribution in [0.5, 0.6) is 11.5 Å². The number of hydrogen-bond donors (Lipinski definition) is 2. The summed E-state index contributed by atoms with van der Waals surface area (Å²) in [6.07, 6.45) is 0. The largest absolute Gasteiger partial charge is 0.507 e. The molecule has 0 aliphatic carbocycles. The van der Waals surface area contributed by atoms with E-state index in [1.54, 1.807) is 12.1 Å². The summed E-state index contributed by atoms with van der Waals surface area (Å²) in [5.41, 5.74) is 3.82. The van der Waals surface area contributed by atoms with Gasteiger partial charge in [0, 0.05) is 31.2 Å². The van der Waals surface area contributed by atoms with Crippen molar-refractivity contribution in [1.82, 2.24) is 0 Å². The number of benzene rings is 11. The van der Waals surface area contributed by atoms with Gasteiger partial charge in [-0.05, 0) is 67.4 Å². The number of rotatable bonds is 5. The van der Waals surface area contributed by atoms with Crippen molar-refractivity contribution in [3.63, 3.8) is 0 Å². The topological polar surface area (TPSA) is 40.5 Å². The van der Waals surface area contributed by atoms with Gasteiger partial charge in [0.15, 0.2) is 0 Å². The average Bonchev–Trinajstić information content (AvgIpc) is 3.36. The van der Waals surface area contributed by atoms with Gasteiger partial charge in [0.1, 0.15) is 11.5 Å². The van der Waals surface area contributed by atoms with Crippen LogP contribution in [0.1, 0.15) is 0 Å². The average molecular weight is 1120 g/mol. The number of phenolic OH excluding ortho intramolecular Hbond substituents is 2. The molecule has 65 heavy (non-hydrogen) atoms. The predicted octanol–water partition coefficient (Wildman–Crippen LogP) is 17.4. The van der Waals surface area contributed by atoms with E-state index < -0.39 is 4.01 Å². The fourth-order valence-corrected chi connectivity index (χ4v) is 16.9. The van der Waals surface area contributed by atoms with Crippen molar-refractivity contribution in [2.75, 3.05) is 0 Å². The summed E-state index contributed by atoms with van der Waals surface area (Å²) in [5, 5.41) is 33.6. The monoisotopic (exact) mass is 1120 g/mol. The van der Waals surface area contributed by atoms with E-state index in [0.29, 0.717) is 11.1 Å². The number of halogens is 4. The van der Waals surface area contributed by atoms with Crippen molar-refractivity contribution in [2.45, 2.75) is 0 Å². The molecule has 2 N–H and O–H groups in total. The molecule has 2 nitrogen and oxygen atoms in total. The van der Waals surface area contributed by atoms with Gasteiger partial charge in [-0.2, -0.15) is 0 Å². The van der Waals surface area contributed by atoms with Crippen molar-refractivity contribution in [2.24, 2.45) is 0 Å². The van der Waals surface area contributed by atoms with E-state index in [2.05, 4.69) is 227 Å². The van der Waals surface area contributed by atoms with E-state index in [9.17, 15) is 10.2 Å². The second-order valence-corrected chi connectivity index (χ2v) is 32.0. The number of phenols is 2. The molecule has 0 aromatic heterocycles. The zero-order valence-electron chi connectivity index (χ0n) is 34.9. The Morgan fingerprint density at radius 2 is 0.508 bits per heavy atom. The van der Waals surface area contributed by atoms with E-state index in [-0.39, 0.29) is 11.5 Å². The fraction of sp³-hybridized carbons (Fsp3) is 0. The molecule has 0 unspecified atom stereocenters. The zero-order chi connectivity index (χ0) is 45.0. The molecule has 0 spiro atoms. The molecule has 0 amide bonds. The van der Waals surface area contributed by atoms with Gasteiger partial charge in [-0.3, -0.25) is 0 Å². The van der Waals surface area contributed by atoms with Crippen LogP contribution in [0.4, 0.5) is 0 Å². The zero-order valence-corrected chi connectivity index (χ0v) is 42.1. The number of fused-ring (bicyclic) bond motifs is 4. The molecular formula is C58H41Br4O2P. The molecule has 11 aromatic carbocycles. The van der Waals surface area contributed by atoms with Gasteiger partial charge in [0.2, 0.25) is 0 Å². The quantitative estimate of drug-likeness (QED) is 0.169. The van der Waals surface area contributed by atoms with Gasteiger partial charge >= 0.3 is 142 Å². The SMILES string of the molecule is BrP(Br)(c1ccccc1)(c1ccccc1)c1ccccc1.Brc1ccc2ccccc2c1-c1c(Br)ccc2ccccc12.Oc1ccc2ccccc2c1-c1c(O)ccc2ccccc12. The van der Waals surface area contributed by atoms with Gasteiger partial charge in [0.05, 0.1) is 0 Å². The van der Waals surface area contributed by atoms with Gasteiger partial charge in [-0.15, -0.1) is 0 Å². The summed E-state index contributed by atoms with van der Waals surface area (Å²) < 4.78 is -0.521. The smallest absolute Gasteiger partial charge is 0.124 e. The van der Waals surface area contributed by atoms with Gasteiger partial charge in [0.25, 0.3) is 0 Å². The van der Waals surface area contributed by atoms with Crippen molar-refractivity contribution in [3.8, 4) is 33.8 Å². The molecule has 0 bridgehead atoms. The molecule has 0 fully saturated rings. The second-order valence-electron chi connectivity index (χ2n) is 15.6. The Morgan fingerprint density at radius 3 is 0.815 bits per heavy atom. The predicted molar refractivity (Wildman–Crippen MR) is 296 cm³/mol. The Balaban J connectivity index is 0.000000123. The molecule has 0 radical (unpaired) electrons. The van der Waals surface area contributed by atoms with E-state index in [0.717, 1.165) is 30.5 Å². The molecule has 0 atom stereocenters. The fourth-order valence-electron chi connectivity index (χ4n) is 8.56. The van der Waals surface area contributed by atoms with Crippen LogP contribution in [-0.4, -0.2) is 10.2 Å². The molecule has 0 saturated heterocycles. The summed E-state index contributed by atoms with van der Waals surface area (Å²) in [7, 11) is 0. The molecule has 11 aromatic rings. The van der Waals surface area contributed by atoms with Crippen molar-refractivity contribution in [3.05, 3.63) is 246 Å². The minimum atomic E-state index is -2.75. The van der Waals surface area contributed by atoms with Crippen LogP contribution in [0.2, 0.25) is 0 Å². The molecule has 0 aliphatic heterocycles. The van der Waals surface area contributed by atoms with Crippen LogP contribution >= 0.6 is 66.8 Å². The molecule has 0 saturated carbocycles. The maximum Gasteiger partial charge on any atom is 0.124 e. The third kappa shape index (κ3) is 8.67. The van der Waals surface area contributed by atoms with E-state index in [1.807, 2.05) is 60.7 Å². The first-order valence-electron chi connectivity index (χ1n) is 21.0. The summed E-state index contributed by atoms with van der Waals surface area (Å²) in [4.78, 5) is 0. The molecule has 0 aliphatic rings. The Hall–Kier alpha value is -5.59. The van der Waals surface area contributed by atoms with Crippen molar-refractivity contribution >= 4 is 126 Å². The van der Waals surface area contributed by atoms with Crippen LogP contribution in [0.15, 0.2) is 246 Å². The molecule has 7 heteroatoms. The summed E-state index contributed by atoms with van der Waals surface area (Å²) >= 11 is 15.8. The van der Waals surface area contributed by atoms with E-state index >= 15 is 0 Å². The van der Waals surface area contributed by atoms with Crippen molar-refractivity contribution in [1.29, 1.82) is 0 Å². The maximum absolute atomic E-state index is 10.4. The van der Waals surface area contributed by atoms with E-state index in [1.165, 1.54) is 48.6 Å². The summed E-state index contributed by atoms with van der Waals surface area (Å²) in [6, 6.07) is 80.2. The first kappa shape index (κ1) is 44.6. The molecule has 0 heterocycles. The minimum absolute atomic E-state index is 0.172. The summed E-state index contributed by atoms with van der Waals surface area (Å²) in [5.74, 6) is 0.343. The number of hydrogen-bond acceptors (Lipinski definition) is 2. The van der Waals surface area contributed by atoms with E-state index in [4.69, 9.17) is 0 Å².